The zero-order valence-electron chi connectivity index (χ0n) is 9.84. The van der Waals surface area contributed by atoms with E-state index >= 15 is 0 Å². The van der Waals surface area contributed by atoms with E-state index in [-0.39, 0.29) is 0 Å². The number of benzene rings is 1. The monoisotopic (exact) mass is 203 g/mol. The molecule has 1 aliphatic rings. The molecule has 15 heavy (non-hydrogen) atoms. The lowest BCUT2D eigenvalue weighted by Gasteiger charge is -2.34. The van der Waals surface area contributed by atoms with E-state index < -0.39 is 0 Å². The van der Waals surface area contributed by atoms with Gasteiger partial charge in [0, 0.05) is 12.0 Å². The van der Waals surface area contributed by atoms with Gasteiger partial charge in [-0.2, -0.15) is 0 Å². The van der Waals surface area contributed by atoms with Crippen LogP contribution in [0.2, 0.25) is 0 Å². The van der Waals surface area contributed by atoms with E-state index in [1.54, 1.807) is 0 Å². The first-order chi connectivity index (χ1) is 7.24. The topological polar surface area (TPSA) is 12.0 Å². The Bertz CT molecular complexity index is 307. The minimum absolute atomic E-state index is 0.352. The number of nitrogens with one attached hydrogen (secondary N) is 1. The van der Waals surface area contributed by atoms with Gasteiger partial charge < -0.3 is 5.32 Å². The Morgan fingerprint density at radius 3 is 2.53 bits per heavy atom. The van der Waals surface area contributed by atoms with Gasteiger partial charge in [0.1, 0.15) is 0 Å². The summed E-state index contributed by atoms with van der Waals surface area (Å²) in [7, 11) is 0. The second-order valence-electron chi connectivity index (χ2n) is 4.89. The van der Waals surface area contributed by atoms with E-state index in [1.807, 2.05) is 0 Å². The van der Waals surface area contributed by atoms with Gasteiger partial charge in [0.05, 0.1) is 0 Å². The van der Waals surface area contributed by atoms with Crippen molar-refractivity contribution in [2.45, 2.75) is 38.5 Å². The average Bonchev–Trinajstić information content (AvgIpc) is 2.30. The van der Waals surface area contributed by atoms with Crippen LogP contribution >= 0.6 is 0 Å². The summed E-state index contributed by atoms with van der Waals surface area (Å²) in [4.78, 5) is 0. The predicted molar refractivity (Wildman–Crippen MR) is 65.3 cm³/mol. The van der Waals surface area contributed by atoms with Crippen molar-refractivity contribution in [2.24, 2.45) is 0 Å². The van der Waals surface area contributed by atoms with Crippen molar-refractivity contribution in [3.05, 3.63) is 35.4 Å². The van der Waals surface area contributed by atoms with E-state index in [4.69, 9.17) is 0 Å². The molecule has 0 radical (unpaired) electrons. The number of hydrogen-bond acceptors (Lipinski definition) is 1. The van der Waals surface area contributed by atoms with Crippen molar-refractivity contribution in [1.82, 2.24) is 5.32 Å². The van der Waals surface area contributed by atoms with Crippen molar-refractivity contribution in [3.8, 4) is 0 Å². The third-order valence-corrected chi connectivity index (χ3v) is 3.66. The second-order valence-corrected chi connectivity index (χ2v) is 4.89. The highest BCUT2D eigenvalue weighted by molar-refractivity contribution is 5.29. The van der Waals surface area contributed by atoms with Crippen LogP contribution in [0.15, 0.2) is 24.3 Å². The second kappa shape index (κ2) is 4.36. The summed E-state index contributed by atoms with van der Waals surface area (Å²) in [6.07, 6.45) is 3.74. The molecule has 1 unspecified atom stereocenters. The molecule has 1 atom stereocenters. The van der Waals surface area contributed by atoms with Gasteiger partial charge in [-0.25, -0.2) is 0 Å². The summed E-state index contributed by atoms with van der Waals surface area (Å²) in [5, 5.41) is 3.50. The molecule has 0 aliphatic carbocycles. The lowest BCUT2D eigenvalue weighted by molar-refractivity contribution is 0.339. The molecule has 1 fully saturated rings. The molecule has 0 amide bonds. The Morgan fingerprint density at radius 1 is 1.27 bits per heavy atom. The highest BCUT2D eigenvalue weighted by atomic mass is 14.9. The molecule has 1 N–H and O–H groups in total. The quantitative estimate of drug-likeness (QED) is 0.779. The van der Waals surface area contributed by atoms with Crippen LogP contribution in [-0.2, 0) is 11.8 Å². The van der Waals surface area contributed by atoms with Crippen LogP contribution in [0.1, 0.15) is 37.8 Å². The number of rotatable bonds is 2. The largest absolute Gasteiger partial charge is 0.316 e. The van der Waals surface area contributed by atoms with Crippen molar-refractivity contribution < 1.29 is 0 Å². The zero-order chi connectivity index (χ0) is 10.7. The maximum Gasteiger partial charge on any atom is 0.00500 e. The van der Waals surface area contributed by atoms with Crippen LogP contribution in [0.25, 0.3) is 0 Å². The van der Waals surface area contributed by atoms with Crippen LogP contribution < -0.4 is 5.32 Å². The van der Waals surface area contributed by atoms with Crippen molar-refractivity contribution in [3.63, 3.8) is 0 Å². The molecule has 1 heterocycles. The Morgan fingerprint density at radius 2 is 2.00 bits per heavy atom. The molecule has 0 bridgehead atoms. The highest BCUT2D eigenvalue weighted by Gasteiger charge is 2.28. The number of aryl methyl sites for hydroxylation is 1. The molecule has 1 nitrogen and oxygen atoms in total. The van der Waals surface area contributed by atoms with Gasteiger partial charge in [-0.05, 0) is 36.9 Å². The normalized spacial score (nSPS) is 26.5. The van der Waals surface area contributed by atoms with Crippen LogP contribution in [0.3, 0.4) is 0 Å². The fraction of sp³-hybridized carbons (Fsp3) is 0.571. The molecule has 1 saturated heterocycles. The lowest BCUT2D eigenvalue weighted by Crippen LogP contribution is -2.41. The zero-order valence-corrected chi connectivity index (χ0v) is 9.84. The maximum atomic E-state index is 3.50. The fourth-order valence-electron chi connectivity index (χ4n) is 2.45. The minimum atomic E-state index is 0.352. The van der Waals surface area contributed by atoms with E-state index in [1.165, 1.54) is 30.5 Å². The summed E-state index contributed by atoms with van der Waals surface area (Å²) in [6, 6.07) is 9.17. The SMILES string of the molecule is CCc1ccc(C2(C)CCCNC2)cc1. The molecule has 1 aromatic carbocycles. The lowest BCUT2D eigenvalue weighted by atomic mass is 9.76. The first-order valence-corrected chi connectivity index (χ1v) is 6.05. The molecular formula is C14H21N. The van der Waals surface area contributed by atoms with Gasteiger partial charge in [-0.3, -0.25) is 0 Å². The van der Waals surface area contributed by atoms with E-state index in [0.29, 0.717) is 5.41 Å². The molecule has 0 spiro atoms. The summed E-state index contributed by atoms with van der Waals surface area (Å²) in [5.74, 6) is 0. The van der Waals surface area contributed by atoms with E-state index in [0.717, 1.165) is 13.0 Å². The van der Waals surface area contributed by atoms with E-state index in [2.05, 4.69) is 43.4 Å². The molecule has 2 rings (SSSR count). The first-order valence-electron chi connectivity index (χ1n) is 6.05. The summed E-state index contributed by atoms with van der Waals surface area (Å²) in [5.41, 5.74) is 3.28. The summed E-state index contributed by atoms with van der Waals surface area (Å²) in [6.45, 7) is 6.89. The Balaban J connectivity index is 2.20. The molecule has 0 saturated carbocycles. The van der Waals surface area contributed by atoms with Gasteiger partial charge in [-0.1, -0.05) is 38.1 Å². The van der Waals surface area contributed by atoms with Gasteiger partial charge in [0.25, 0.3) is 0 Å². The standard InChI is InChI=1S/C14H21N/c1-3-12-5-7-13(8-6-12)14(2)9-4-10-15-11-14/h5-8,15H,3-4,9-11H2,1-2H3. The smallest absolute Gasteiger partial charge is 0.00500 e. The fourth-order valence-corrected chi connectivity index (χ4v) is 2.45. The molecule has 82 valence electrons. The van der Waals surface area contributed by atoms with Gasteiger partial charge in [-0.15, -0.1) is 0 Å². The third kappa shape index (κ3) is 2.23. The van der Waals surface area contributed by atoms with Crippen LogP contribution in [0, 0.1) is 0 Å². The molecule has 0 aromatic heterocycles. The minimum Gasteiger partial charge on any atom is -0.316 e. The Labute approximate surface area is 92.9 Å². The van der Waals surface area contributed by atoms with Crippen molar-refractivity contribution in [1.29, 1.82) is 0 Å². The van der Waals surface area contributed by atoms with E-state index in [9.17, 15) is 0 Å². The third-order valence-electron chi connectivity index (χ3n) is 3.66. The summed E-state index contributed by atoms with van der Waals surface area (Å²) < 4.78 is 0. The van der Waals surface area contributed by atoms with Gasteiger partial charge in [0.15, 0.2) is 0 Å². The average molecular weight is 203 g/mol. The first kappa shape index (κ1) is 10.7. The number of hydrogen-bond donors (Lipinski definition) is 1. The molecule has 1 aromatic rings. The van der Waals surface area contributed by atoms with Crippen molar-refractivity contribution in [2.75, 3.05) is 13.1 Å². The van der Waals surface area contributed by atoms with Crippen molar-refractivity contribution >= 4 is 0 Å². The van der Waals surface area contributed by atoms with Crippen LogP contribution in [0.4, 0.5) is 0 Å². The van der Waals surface area contributed by atoms with Crippen LogP contribution in [-0.4, -0.2) is 13.1 Å². The highest BCUT2D eigenvalue weighted by Crippen LogP contribution is 2.30. The summed E-state index contributed by atoms with van der Waals surface area (Å²) >= 11 is 0. The maximum absolute atomic E-state index is 3.50. The Hall–Kier alpha value is -0.820. The van der Waals surface area contributed by atoms with Gasteiger partial charge >= 0.3 is 0 Å². The predicted octanol–water partition coefficient (Wildman–Crippen LogP) is 2.89. The Kier molecular flexibility index (Phi) is 3.11. The molecule has 1 aliphatic heterocycles. The van der Waals surface area contributed by atoms with Crippen LogP contribution in [0.5, 0.6) is 0 Å². The molecular weight excluding hydrogens is 182 g/mol. The number of piperidine rings is 1. The van der Waals surface area contributed by atoms with Gasteiger partial charge in [0.2, 0.25) is 0 Å². The molecule has 1 heteroatoms.